The zero-order chi connectivity index (χ0) is 10.3. The Hall–Kier alpha value is -1.68. The summed E-state index contributed by atoms with van der Waals surface area (Å²) in [5.41, 5.74) is 7.13. The molecule has 15 heavy (non-hydrogen) atoms. The van der Waals surface area contributed by atoms with Crippen molar-refractivity contribution < 1.29 is 4.79 Å². The quantitative estimate of drug-likeness (QED) is 0.546. The molecule has 0 bridgehead atoms. The molecule has 2 N–H and O–H groups in total. The number of pyridine rings is 1. The summed E-state index contributed by atoms with van der Waals surface area (Å²) >= 11 is 0. The van der Waals surface area contributed by atoms with Gasteiger partial charge in [0.25, 0.3) is 0 Å². The van der Waals surface area contributed by atoms with Crippen LogP contribution in [-0.2, 0) is 4.79 Å². The molecule has 1 atom stereocenters. The van der Waals surface area contributed by atoms with Crippen LogP contribution in [0.3, 0.4) is 0 Å². The van der Waals surface area contributed by atoms with Crippen LogP contribution in [0.15, 0.2) is 18.5 Å². The van der Waals surface area contributed by atoms with Crippen molar-refractivity contribution in [2.45, 2.75) is 6.42 Å². The maximum atomic E-state index is 11.8. The fraction of sp³-hybridized carbons (Fsp3) is 0.273. The number of Topliss-reactive ketones (excluding diaryl/α,β-unsaturated/α-hetero) is 1. The van der Waals surface area contributed by atoms with Crippen LogP contribution in [0.5, 0.6) is 0 Å². The van der Waals surface area contributed by atoms with Crippen molar-refractivity contribution in [2.75, 3.05) is 6.54 Å². The molecule has 0 amide bonds. The van der Waals surface area contributed by atoms with Gasteiger partial charge in [-0.05, 0) is 23.8 Å². The van der Waals surface area contributed by atoms with Crippen LogP contribution < -0.4 is 21.3 Å². The number of hydrogen-bond donors (Lipinski definition) is 2. The van der Waals surface area contributed by atoms with E-state index in [0.29, 0.717) is 0 Å². The highest BCUT2D eigenvalue weighted by Crippen LogP contribution is 2.18. The lowest BCUT2D eigenvalue weighted by Crippen LogP contribution is -2.50. The molecule has 76 valence electrons. The molecule has 1 aromatic rings. The average molecular weight is 201 g/mol. The van der Waals surface area contributed by atoms with Crippen molar-refractivity contribution in [3.05, 3.63) is 28.9 Å². The van der Waals surface area contributed by atoms with Gasteiger partial charge in [0, 0.05) is 29.9 Å². The van der Waals surface area contributed by atoms with E-state index in [9.17, 15) is 4.79 Å². The normalized spacial score (nSPS) is 23.6. The number of carbonyl (C=O) groups is 1. The molecule has 0 aromatic carbocycles. The second-order valence-electron chi connectivity index (χ2n) is 3.82. The summed E-state index contributed by atoms with van der Waals surface area (Å²) in [6.07, 6.45) is 6.09. The highest BCUT2D eigenvalue weighted by Gasteiger charge is 2.27. The van der Waals surface area contributed by atoms with E-state index in [1.54, 1.807) is 18.5 Å². The highest BCUT2D eigenvalue weighted by atomic mass is 16.1. The minimum absolute atomic E-state index is 0.0112. The number of rotatable bonds is 0. The largest absolute Gasteiger partial charge is 0.324 e. The molecule has 3 rings (SSSR count). The van der Waals surface area contributed by atoms with Crippen LogP contribution in [0.1, 0.15) is 6.42 Å². The van der Waals surface area contributed by atoms with Gasteiger partial charge >= 0.3 is 0 Å². The van der Waals surface area contributed by atoms with E-state index in [4.69, 9.17) is 0 Å². The molecular formula is C11H11N3O. The van der Waals surface area contributed by atoms with E-state index in [2.05, 4.69) is 15.8 Å². The Morgan fingerprint density at radius 3 is 3.33 bits per heavy atom. The summed E-state index contributed by atoms with van der Waals surface area (Å²) in [6.45, 7) is 0.823. The predicted molar refractivity (Wildman–Crippen MR) is 55.6 cm³/mol. The number of aromatic nitrogens is 1. The molecule has 2 aliphatic rings. The Morgan fingerprint density at radius 1 is 1.47 bits per heavy atom. The van der Waals surface area contributed by atoms with E-state index in [-0.39, 0.29) is 11.7 Å². The first-order chi connectivity index (χ1) is 7.36. The van der Waals surface area contributed by atoms with Gasteiger partial charge in [0.2, 0.25) is 0 Å². The van der Waals surface area contributed by atoms with Gasteiger partial charge in [0.05, 0.1) is 5.92 Å². The molecule has 1 aliphatic carbocycles. The number of hydrazine groups is 1. The monoisotopic (exact) mass is 201 g/mol. The summed E-state index contributed by atoms with van der Waals surface area (Å²) in [5, 5.41) is 1.99. The molecular weight excluding hydrogens is 190 g/mol. The average Bonchev–Trinajstić information content (AvgIpc) is 2.30. The lowest BCUT2D eigenvalue weighted by molar-refractivity contribution is -0.115. The van der Waals surface area contributed by atoms with Crippen molar-refractivity contribution in [3.8, 4) is 0 Å². The predicted octanol–water partition coefficient (Wildman–Crippen LogP) is -1.33. The molecule has 0 saturated carbocycles. The van der Waals surface area contributed by atoms with Crippen molar-refractivity contribution in [1.82, 2.24) is 15.8 Å². The van der Waals surface area contributed by atoms with Crippen LogP contribution in [0, 0.1) is 5.92 Å². The Labute approximate surface area is 86.7 Å². The van der Waals surface area contributed by atoms with Crippen LogP contribution in [-0.4, -0.2) is 17.3 Å². The Kier molecular flexibility index (Phi) is 1.82. The summed E-state index contributed by atoms with van der Waals surface area (Å²) in [7, 11) is 0. The summed E-state index contributed by atoms with van der Waals surface area (Å²) in [6, 6.07) is 1.87. The second-order valence-corrected chi connectivity index (χ2v) is 3.82. The van der Waals surface area contributed by atoms with Gasteiger partial charge in [-0.15, -0.1) is 0 Å². The van der Waals surface area contributed by atoms with E-state index < -0.39 is 0 Å². The third-order valence-corrected chi connectivity index (χ3v) is 2.92. The Bertz CT molecular complexity index is 535. The van der Waals surface area contributed by atoms with Crippen LogP contribution in [0.25, 0.3) is 11.8 Å². The smallest absolute Gasteiger partial charge is 0.165 e. The summed E-state index contributed by atoms with van der Waals surface area (Å²) in [5.74, 6) is 0.181. The van der Waals surface area contributed by atoms with E-state index >= 15 is 0 Å². The lowest BCUT2D eigenvalue weighted by Gasteiger charge is -2.27. The van der Waals surface area contributed by atoms with Crippen LogP contribution in [0.2, 0.25) is 0 Å². The van der Waals surface area contributed by atoms with Gasteiger partial charge in [0.15, 0.2) is 5.78 Å². The fourth-order valence-corrected chi connectivity index (χ4v) is 2.16. The van der Waals surface area contributed by atoms with Crippen molar-refractivity contribution in [3.63, 3.8) is 0 Å². The first-order valence-corrected chi connectivity index (χ1v) is 5.05. The van der Waals surface area contributed by atoms with Gasteiger partial charge in [-0.25, -0.2) is 5.43 Å². The maximum absolute atomic E-state index is 11.8. The molecule has 1 aliphatic heterocycles. The van der Waals surface area contributed by atoms with E-state index in [1.807, 2.05) is 6.07 Å². The second kappa shape index (κ2) is 3.17. The van der Waals surface area contributed by atoms with Gasteiger partial charge in [-0.2, -0.15) is 0 Å². The molecule has 1 unspecified atom stereocenters. The summed E-state index contributed by atoms with van der Waals surface area (Å²) < 4.78 is 0. The van der Waals surface area contributed by atoms with Gasteiger partial charge in [-0.1, -0.05) is 0 Å². The Morgan fingerprint density at radius 2 is 2.40 bits per heavy atom. The molecule has 4 nitrogen and oxygen atoms in total. The van der Waals surface area contributed by atoms with Crippen LogP contribution in [0.4, 0.5) is 0 Å². The molecule has 2 heterocycles. The number of carbonyl (C=O) groups excluding carboxylic acids is 1. The first kappa shape index (κ1) is 8.61. The fourth-order valence-electron chi connectivity index (χ4n) is 2.16. The molecule has 1 fully saturated rings. The minimum Gasteiger partial charge on any atom is -0.324 e. The van der Waals surface area contributed by atoms with Gasteiger partial charge < -0.3 is 5.43 Å². The van der Waals surface area contributed by atoms with Crippen molar-refractivity contribution >= 4 is 17.6 Å². The number of nitrogens with one attached hydrogen (secondary N) is 2. The number of nitrogens with zero attached hydrogens (tertiary/aromatic N) is 1. The number of hydrogen-bond acceptors (Lipinski definition) is 4. The first-order valence-electron chi connectivity index (χ1n) is 5.05. The van der Waals surface area contributed by atoms with Gasteiger partial charge in [-0.3, -0.25) is 9.78 Å². The zero-order valence-electron chi connectivity index (χ0n) is 8.16. The highest BCUT2D eigenvalue weighted by molar-refractivity contribution is 6.12. The van der Waals surface area contributed by atoms with E-state index in [0.717, 1.165) is 29.1 Å². The molecule has 4 heteroatoms. The maximum Gasteiger partial charge on any atom is 0.165 e. The van der Waals surface area contributed by atoms with Crippen LogP contribution >= 0.6 is 0 Å². The molecule has 1 saturated heterocycles. The third-order valence-electron chi connectivity index (χ3n) is 2.92. The van der Waals surface area contributed by atoms with E-state index in [1.165, 1.54) is 0 Å². The molecule has 0 spiro atoms. The third kappa shape index (κ3) is 1.26. The number of fused-ring (bicyclic) bond motifs is 2. The molecule has 1 aromatic heterocycles. The topological polar surface area (TPSA) is 54.0 Å². The van der Waals surface area contributed by atoms with Crippen molar-refractivity contribution in [1.29, 1.82) is 0 Å². The van der Waals surface area contributed by atoms with Gasteiger partial charge in [0.1, 0.15) is 0 Å². The summed E-state index contributed by atoms with van der Waals surface area (Å²) in [4.78, 5) is 15.9. The molecule has 0 radical (unpaired) electrons. The standard InChI is InChI=1S/C11H11N3O/c15-10-5-7-1-3-12-6-9(7)11-8(10)2-4-13-14-11/h1,3,5-6,8,13-14H,2,4H2. The number of ketones is 1. The van der Waals surface area contributed by atoms with Crippen molar-refractivity contribution in [2.24, 2.45) is 5.92 Å². The zero-order valence-corrected chi connectivity index (χ0v) is 8.16. The lowest BCUT2D eigenvalue weighted by atomic mass is 9.89. The Balaban J connectivity index is 2.33. The minimum atomic E-state index is -0.0112. The SMILES string of the molecule is O=C1C=c2ccncc2=C2NNCCC12.